The molecule has 0 heterocycles. The molecule has 5 heteroatoms. The summed E-state index contributed by atoms with van der Waals surface area (Å²) in [5.41, 5.74) is 0.925. The molecule has 0 saturated carbocycles. The first-order valence-corrected chi connectivity index (χ1v) is 6.74. The number of methoxy groups -OCH3 is 3. The fourth-order valence-electron chi connectivity index (χ4n) is 2.12. The van der Waals surface area contributed by atoms with Gasteiger partial charge in [0.05, 0.1) is 32.3 Å². The average molecular weight is 311 g/mol. The summed E-state index contributed by atoms with van der Waals surface area (Å²) in [5.74, 6) is 1.16. The van der Waals surface area contributed by atoms with Crippen molar-refractivity contribution in [1.82, 2.24) is 0 Å². The van der Waals surface area contributed by atoms with Crippen LogP contribution in [0.4, 0.5) is 4.39 Å². The number of hydrogen-bond acceptors (Lipinski definition) is 3. The minimum atomic E-state index is -0.734. The van der Waals surface area contributed by atoms with Gasteiger partial charge in [-0.3, -0.25) is 0 Å². The summed E-state index contributed by atoms with van der Waals surface area (Å²) in [6, 6.07) is 9.73. The van der Waals surface area contributed by atoms with Gasteiger partial charge in [-0.05, 0) is 6.07 Å². The number of ether oxygens (including phenoxy) is 3. The van der Waals surface area contributed by atoms with Gasteiger partial charge in [0.25, 0.3) is 0 Å². The van der Waals surface area contributed by atoms with Crippen molar-refractivity contribution in [2.75, 3.05) is 21.3 Å². The van der Waals surface area contributed by atoms with Gasteiger partial charge in [0.2, 0.25) is 0 Å². The van der Waals surface area contributed by atoms with Gasteiger partial charge in [-0.25, -0.2) is 4.39 Å². The van der Waals surface area contributed by atoms with E-state index >= 15 is 0 Å². The molecule has 112 valence electrons. The SMILES string of the molecule is COc1cc(OC)c(C(Cl)c2ccccc2F)c(OC)c1. The lowest BCUT2D eigenvalue weighted by Gasteiger charge is -2.19. The Kier molecular flexibility index (Phi) is 4.91. The minimum Gasteiger partial charge on any atom is -0.496 e. The third-order valence-corrected chi connectivity index (χ3v) is 3.64. The average Bonchev–Trinajstić information content (AvgIpc) is 2.53. The van der Waals surface area contributed by atoms with Gasteiger partial charge < -0.3 is 14.2 Å². The Bertz CT molecular complexity index is 606. The van der Waals surface area contributed by atoms with Crippen molar-refractivity contribution >= 4 is 11.6 Å². The summed E-state index contributed by atoms with van der Waals surface area (Å²) in [6.07, 6.45) is 0. The third-order valence-electron chi connectivity index (χ3n) is 3.18. The second-order valence-electron chi connectivity index (χ2n) is 4.33. The molecule has 2 rings (SSSR count). The fourth-order valence-corrected chi connectivity index (χ4v) is 2.51. The maximum absolute atomic E-state index is 14.0. The van der Waals surface area contributed by atoms with Crippen molar-refractivity contribution in [2.45, 2.75) is 5.38 Å². The Labute approximate surface area is 128 Å². The number of rotatable bonds is 5. The van der Waals surface area contributed by atoms with Gasteiger partial charge in [-0.15, -0.1) is 11.6 Å². The zero-order valence-electron chi connectivity index (χ0n) is 12.0. The third kappa shape index (κ3) is 3.05. The van der Waals surface area contributed by atoms with E-state index < -0.39 is 5.38 Å². The maximum atomic E-state index is 14.0. The molecule has 21 heavy (non-hydrogen) atoms. The van der Waals surface area contributed by atoms with E-state index in [0.717, 1.165) is 0 Å². The summed E-state index contributed by atoms with van der Waals surface area (Å²) in [4.78, 5) is 0. The molecule has 0 saturated heterocycles. The van der Waals surface area contributed by atoms with Crippen molar-refractivity contribution in [3.8, 4) is 17.2 Å². The highest BCUT2D eigenvalue weighted by molar-refractivity contribution is 6.23. The molecular formula is C16H16ClFO3. The predicted molar refractivity (Wildman–Crippen MR) is 80.2 cm³/mol. The molecule has 0 bridgehead atoms. The Morgan fingerprint density at radius 3 is 2.00 bits per heavy atom. The Hall–Kier alpha value is -1.94. The molecule has 0 radical (unpaired) electrons. The number of halogens is 2. The van der Waals surface area contributed by atoms with Crippen LogP contribution >= 0.6 is 11.6 Å². The molecule has 1 atom stereocenters. The second kappa shape index (κ2) is 6.68. The molecule has 0 amide bonds. The summed E-state index contributed by atoms with van der Waals surface area (Å²) >= 11 is 6.46. The first-order chi connectivity index (χ1) is 10.1. The van der Waals surface area contributed by atoms with E-state index in [9.17, 15) is 4.39 Å². The first kappa shape index (κ1) is 15.4. The van der Waals surface area contributed by atoms with E-state index in [0.29, 0.717) is 28.4 Å². The highest BCUT2D eigenvalue weighted by Gasteiger charge is 2.24. The molecule has 0 aliphatic rings. The number of hydrogen-bond donors (Lipinski definition) is 0. The second-order valence-corrected chi connectivity index (χ2v) is 4.77. The lowest BCUT2D eigenvalue weighted by atomic mass is 10.0. The normalized spacial score (nSPS) is 11.9. The molecule has 0 spiro atoms. The Balaban J connectivity index is 2.59. The minimum absolute atomic E-state index is 0.362. The summed E-state index contributed by atoms with van der Waals surface area (Å²) in [6.45, 7) is 0. The maximum Gasteiger partial charge on any atom is 0.131 e. The summed E-state index contributed by atoms with van der Waals surface area (Å²) in [5, 5.41) is -0.734. The van der Waals surface area contributed by atoms with Crippen molar-refractivity contribution in [3.63, 3.8) is 0 Å². The first-order valence-electron chi connectivity index (χ1n) is 6.30. The van der Waals surface area contributed by atoms with Crippen molar-refractivity contribution in [1.29, 1.82) is 0 Å². The zero-order valence-corrected chi connectivity index (χ0v) is 12.8. The van der Waals surface area contributed by atoms with Crippen LogP contribution in [0.25, 0.3) is 0 Å². The Morgan fingerprint density at radius 2 is 1.52 bits per heavy atom. The van der Waals surface area contributed by atoms with Crippen LogP contribution in [0.1, 0.15) is 16.5 Å². The lowest BCUT2D eigenvalue weighted by Crippen LogP contribution is -2.03. The molecule has 0 aliphatic carbocycles. The molecule has 2 aromatic carbocycles. The molecule has 0 aromatic heterocycles. The van der Waals surface area contributed by atoms with Crippen LogP contribution in [0.15, 0.2) is 36.4 Å². The number of alkyl halides is 1. The molecule has 0 N–H and O–H groups in total. The van der Waals surface area contributed by atoms with Crippen LogP contribution in [0, 0.1) is 5.82 Å². The molecule has 1 unspecified atom stereocenters. The topological polar surface area (TPSA) is 27.7 Å². The molecule has 2 aromatic rings. The monoisotopic (exact) mass is 310 g/mol. The van der Waals surface area contributed by atoms with Crippen LogP contribution in [0.2, 0.25) is 0 Å². The van der Waals surface area contributed by atoms with E-state index in [4.69, 9.17) is 25.8 Å². The highest BCUT2D eigenvalue weighted by Crippen LogP contribution is 2.44. The zero-order chi connectivity index (χ0) is 15.4. The van der Waals surface area contributed by atoms with Crippen molar-refractivity contribution < 1.29 is 18.6 Å². The predicted octanol–water partition coefficient (Wildman–Crippen LogP) is 4.18. The van der Waals surface area contributed by atoms with Gasteiger partial charge in [0.1, 0.15) is 23.1 Å². The van der Waals surface area contributed by atoms with E-state index in [2.05, 4.69) is 0 Å². The summed E-state index contributed by atoms with van der Waals surface area (Å²) < 4.78 is 29.8. The van der Waals surface area contributed by atoms with Crippen molar-refractivity contribution in [2.24, 2.45) is 0 Å². The standard InChI is InChI=1S/C16H16ClFO3/c1-19-10-8-13(20-2)15(14(9-10)21-3)16(17)11-6-4-5-7-12(11)18/h4-9,16H,1-3H3. The molecule has 0 fully saturated rings. The van der Waals surface area contributed by atoms with Gasteiger partial charge in [0.15, 0.2) is 0 Å². The van der Waals surface area contributed by atoms with Crippen LogP contribution < -0.4 is 14.2 Å². The van der Waals surface area contributed by atoms with Crippen LogP contribution in [0.5, 0.6) is 17.2 Å². The molecule has 0 aliphatic heterocycles. The number of benzene rings is 2. The van der Waals surface area contributed by atoms with Gasteiger partial charge in [-0.2, -0.15) is 0 Å². The van der Waals surface area contributed by atoms with Crippen molar-refractivity contribution in [3.05, 3.63) is 53.3 Å². The lowest BCUT2D eigenvalue weighted by molar-refractivity contribution is 0.369. The molecular weight excluding hydrogens is 295 g/mol. The Morgan fingerprint density at radius 1 is 0.952 bits per heavy atom. The van der Waals surface area contributed by atoms with Crippen LogP contribution in [-0.2, 0) is 0 Å². The van der Waals surface area contributed by atoms with E-state index in [1.54, 1.807) is 37.4 Å². The van der Waals surface area contributed by atoms with E-state index in [-0.39, 0.29) is 5.82 Å². The fraction of sp³-hybridized carbons (Fsp3) is 0.250. The van der Waals surface area contributed by atoms with Crippen LogP contribution in [-0.4, -0.2) is 21.3 Å². The largest absolute Gasteiger partial charge is 0.496 e. The van der Waals surface area contributed by atoms with Gasteiger partial charge >= 0.3 is 0 Å². The van der Waals surface area contributed by atoms with E-state index in [1.165, 1.54) is 20.3 Å². The summed E-state index contributed by atoms with van der Waals surface area (Å²) in [7, 11) is 4.58. The quantitative estimate of drug-likeness (QED) is 0.775. The van der Waals surface area contributed by atoms with Gasteiger partial charge in [-0.1, -0.05) is 18.2 Å². The van der Waals surface area contributed by atoms with E-state index in [1.807, 2.05) is 0 Å². The van der Waals surface area contributed by atoms with Crippen LogP contribution in [0.3, 0.4) is 0 Å². The van der Waals surface area contributed by atoms with Gasteiger partial charge in [0, 0.05) is 17.7 Å². The molecule has 3 nitrogen and oxygen atoms in total. The smallest absolute Gasteiger partial charge is 0.131 e. The highest BCUT2D eigenvalue weighted by atomic mass is 35.5.